The first-order valence-corrected chi connectivity index (χ1v) is 16.5. The molecular formula is C42H29N7. The molecule has 1 aliphatic rings. The summed E-state index contributed by atoms with van der Waals surface area (Å²) in [7, 11) is 0. The highest BCUT2D eigenvalue weighted by Crippen LogP contribution is 2.36. The van der Waals surface area contributed by atoms with Crippen LogP contribution in [0.4, 0.5) is 0 Å². The largest absolute Gasteiger partial charge is 0.309 e. The van der Waals surface area contributed by atoms with Gasteiger partial charge in [-0.3, -0.25) is 14.1 Å². The minimum absolute atomic E-state index is 0.663. The van der Waals surface area contributed by atoms with Crippen LogP contribution in [0.25, 0.3) is 78.9 Å². The van der Waals surface area contributed by atoms with Gasteiger partial charge in [0.15, 0.2) is 11.6 Å². The van der Waals surface area contributed by atoms with Gasteiger partial charge in [0.1, 0.15) is 11.5 Å². The van der Waals surface area contributed by atoms with Crippen molar-refractivity contribution < 1.29 is 0 Å². The molecule has 10 rings (SSSR count). The average Bonchev–Trinajstić information content (AvgIpc) is 3.86. The summed E-state index contributed by atoms with van der Waals surface area (Å²) in [6.07, 6.45) is 10.2. The topological polar surface area (TPSA) is 66.3 Å². The van der Waals surface area contributed by atoms with Crippen molar-refractivity contribution in [1.29, 1.82) is 0 Å². The van der Waals surface area contributed by atoms with Crippen LogP contribution in [0, 0.1) is 0 Å². The minimum Gasteiger partial charge on any atom is -0.309 e. The molecular weight excluding hydrogens is 603 g/mol. The molecule has 232 valence electrons. The van der Waals surface area contributed by atoms with E-state index in [1.165, 1.54) is 27.4 Å². The van der Waals surface area contributed by atoms with Crippen molar-refractivity contribution in [3.63, 3.8) is 0 Å². The van der Waals surface area contributed by atoms with Crippen LogP contribution >= 0.6 is 0 Å². The number of para-hydroxylation sites is 4. The van der Waals surface area contributed by atoms with Crippen molar-refractivity contribution in [2.75, 3.05) is 0 Å². The maximum Gasteiger partial charge on any atom is 0.187 e. The molecule has 9 aromatic rings. The lowest BCUT2D eigenvalue weighted by atomic mass is 10.0. The fourth-order valence-corrected chi connectivity index (χ4v) is 7.45. The summed E-state index contributed by atoms with van der Waals surface area (Å²) in [6.45, 7) is 0. The predicted octanol–water partition coefficient (Wildman–Crippen LogP) is 9.39. The smallest absolute Gasteiger partial charge is 0.187 e. The second-order valence-corrected chi connectivity index (χ2v) is 12.3. The molecule has 0 spiro atoms. The molecule has 4 aromatic carbocycles. The number of nitrogens with zero attached hydrogens (tertiary/aromatic N) is 7. The van der Waals surface area contributed by atoms with Crippen molar-refractivity contribution >= 4 is 38.8 Å². The minimum atomic E-state index is 0.663. The molecule has 0 aliphatic heterocycles. The highest BCUT2D eigenvalue weighted by molar-refractivity contribution is 6.09. The van der Waals surface area contributed by atoms with E-state index in [1.807, 2.05) is 36.7 Å². The first-order valence-electron chi connectivity index (χ1n) is 16.5. The van der Waals surface area contributed by atoms with Gasteiger partial charge in [0.25, 0.3) is 0 Å². The molecule has 1 aliphatic carbocycles. The fourth-order valence-electron chi connectivity index (χ4n) is 7.45. The summed E-state index contributed by atoms with van der Waals surface area (Å²) in [5, 5.41) is 13.3. The third-order valence-corrected chi connectivity index (χ3v) is 9.57. The molecule has 0 unspecified atom stereocenters. The van der Waals surface area contributed by atoms with E-state index in [4.69, 9.17) is 20.2 Å². The molecule has 0 bridgehead atoms. The molecule has 5 aromatic heterocycles. The number of pyridine rings is 2. The molecule has 7 heteroatoms. The Labute approximate surface area is 282 Å². The summed E-state index contributed by atoms with van der Waals surface area (Å²) in [4.78, 5) is 9.74. The van der Waals surface area contributed by atoms with Gasteiger partial charge in [0.05, 0.1) is 16.6 Å². The van der Waals surface area contributed by atoms with Crippen LogP contribution in [0.5, 0.6) is 0 Å². The highest BCUT2D eigenvalue weighted by Gasteiger charge is 2.22. The molecule has 0 radical (unpaired) electrons. The monoisotopic (exact) mass is 631 g/mol. The first-order chi connectivity index (χ1) is 24.3. The molecule has 0 amide bonds. The van der Waals surface area contributed by atoms with Crippen molar-refractivity contribution in [2.24, 2.45) is 0 Å². The van der Waals surface area contributed by atoms with E-state index >= 15 is 0 Å². The van der Waals surface area contributed by atoms with Gasteiger partial charge in [0.2, 0.25) is 0 Å². The van der Waals surface area contributed by atoms with Gasteiger partial charge in [-0.05, 0) is 67.4 Å². The fraction of sp³-hybridized carbons (Fsp3) is 0.0476. The maximum absolute atomic E-state index is 4.89. The first kappa shape index (κ1) is 27.5. The van der Waals surface area contributed by atoms with Crippen LogP contribution in [-0.4, -0.2) is 33.9 Å². The molecule has 0 saturated heterocycles. The van der Waals surface area contributed by atoms with Crippen LogP contribution in [0.1, 0.15) is 17.7 Å². The molecule has 0 atom stereocenters. The van der Waals surface area contributed by atoms with Crippen molar-refractivity contribution in [2.45, 2.75) is 12.8 Å². The van der Waals surface area contributed by atoms with Crippen LogP contribution in [0.2, 0.25) is 0 Å². The van der Waals surface area contributed by atoms with E-state index in [2.05, 4.69) is 129 Å². The Hall–Kier alpha value is -6.60. The zero-order valence-corrected chi connectivity index (χ0v) is 26.5. The summed E-state index contributed by atoms with van der Waals surface area (Å²) in [6, 6.07) is 44.2. The molecule has 49 heavy (non-hydrogen) atoms. The summed E-state index contributed by atoms with van der Waals surface area (Å²) < 4.78 is 6.70. The Morgan fingerprint density at radius 3 is 1.94 bits per heavy atom. The number of allylic oxidation sites excluding steroid dienone is 1. The second kappa shape index (κ2) is 11.0. The van der Waals surface area contributed by atoms with Gasteiger partial charge >= 0.3 is 0 Å². The zero-order chi connectivity index (χ0) is 32.3. The predicted molar refractivity (Wildman–Crippen MR) is 196 cm³/mol. The lowest BCUT2D eigenvalue weighted by Crippen LogP contribution is -2.06. The number of aromatic nitrogens is 7. The molecule has 0 saturated carbocycles. The van der Waals surface area contributed by atoms with Gasteiger partial charge in [-0.15, -0.1) is 10.2 Å². The summed E-state index contributed by atoms with van der Waals surface area (Å²) >= 11 is 0. The number of rotatable bonds is 5. The van der Waals surface area contributed by atoms with Crippen molar-refractivity contribution in [1.82, 2.24) is 33.9 Å². The van der Waals surface area contributed by atoms with Crippen molar-refractivity contribution in [3.05, 3.63) is 157 Å². The van der Waals surface area contributed by atoms with Crippen LogP contribution in [0.3, 0.4) is 0 Å². The molecule has 5 heterocycles. The quantitative estimate of drug-likeness (QED) is 0.190. The third kappa shape index (κ3) is 4.29. The Balaban J connectivity index is 1.15. The van der Waals surface area contributed by atoms with Gasteiger partial charge in [0, 0.05) is 56.7 Å². The van der Waals surface area contributed by atoms with E-state index in [0.717, 1.165) is 63.7 Å². The Bertz CT molecular complexity index is 2670. The number of benzene rings is 4. The molecule has 0 fully saturated rings. The van der Waals surface area contributed by atoms with Crippen LogP contribution in [-0.2, 0) is 6.42 Å². The van der Waals surface area contributed by atoms with Gasteiger partial charge in [-0.2, -0.15) is 0 Å². The number of fused-ring (bicyclic) bond motifs is 6. The number of hydrogen-bond acceptors (Lipinski definition) is 4. The molecule has 7 nitrogen and oxygen atoms in total. The van der Waals surface area contributed by atoms with Gasteiger partial charge in [-0.25, -0.2) is 4.98 Å². The van der Waals surface area contributed by atoms with E-state index in [0.29, 0.717) is 5.82 Å². The Kier molecular flexibility index (Phi) is 6.17. The Morgan fingerprint density at radius 1 is 0.510 bits per heavy atom. The standard InChI is InChI=1S/C42H29N7/c1-2-12-29(13-3-1)48-41(28-22-24-44-40(26-28)49-38-20-10-6-16-33(38)34-17-7-11-21-39(34)49)45-46-42(48)35-27-30(23-25-43-35)47-36-18-8-4-14-31(36)32-15-5-9-19-37(32)47/h1-10,12-20,22-27H,11,21H2. The Morgan fingerprint density at radius 2 is 1.16 bits per heavy atom. The van der Waals surface area contributed by atoms with E-state index in [-0.39, 0.29) is 0 Å². The second-order valence-electron chi connectivity index (χ2n) is 12.3. The highest BCUT2D eigenvalue weighted by atomic mass is 15.3. The van der Waals surface area contributed by atoms with E-state index in [9.17, 15) is 0 Å². The van der Waals surface area contributed by atoms with Crippen LogP contribution < -0.4 is 0 Å². The SMILES string of the molecule is C1=Cc2c(n(-c3cc(-c4nnc(-c5cc(-n6c7ccccc7c7ccccc76)ccn5)n4-c4ccccc4)ccn3)c3ccccc23)CC1. The summed E-state index contributed by atoms with van der Waals surface area (Å²) in [5.74, 6) is 2.25. The average molecular weight is 632 g/mol. The lowest BCUT2D eigenvalue weighted by Gasteiger charge is -2.14. The van der Waals surface area contributed by atoms with Gasteiger partial charge in [-0.1, -0.05) is 84.9 Å². The number of hydrogen-bond donors (Lipinski definition) is 0. The van der Waals surface area contributed by atoms with E-state index in [1.54, 1.807) is 0 Å². The summed E-state index contributed by atoms with van der Waals surface area (Å²) in [5.41, 5.74) is 9.61. The lowest BCUT2D eigenvalue weighted by molar-refractivity contribution is 0.871. The zero-order valence-electron chi connectivity index (χ0n) is 26.5. The normalized spacial score (nSPS) is 12.7. The van der Waals surface area contributed by atoms with E-state index < -0.39 is 0 Å². The third-order valence-electron chi connectivity index (χ3n) is 9.57. The van der Waals surface area contributed by atoms with Gasteiger partial charge < -0.3 is 4.57 Å². The maximum atomic E-state index is 4.89. The van der Waals surface area contributed by atoms with Crippen molar-refractivity contribution in [3.8, 4) is 40.1 Å². The molecule has 0 N–H and O–H groups in total. The van der Waals surface area contributed by atoms with Crippen LogP contribution in [0.15, 0.2) is 146 Å².